The van der Waals surface area contributed by atoms with Gasteiger partial charge in [0.05, 0.1) is 19.3 Å². The fourth-order valence-corrected chi connectivity index (χ4v) is 1.76. The number of anilines is 1. The summed E-state index contributed by atoms with van der Waals surface area (Å²) in [6, 6.07) is 9.27. The zero-order valence-electron chi connectivity index (χ0n) is 12.9. The van der Waals surface area contributed by atoms with Crippen molar-refractivity contribution in [3.05, 3.63) is 30.3 Å². The standard InChI is InChI=1S/C16H26N2O3/c1-14(16(19)18-15-8-4-3-5-9-15)17-10-6-7-11-21-13-12-20-2/h3-5,8-9,14,17H,6-7,10-13H2,1-2H3,(H,18,19). The van der Waals surface area contributed by atoms with Crippen LogP contribution in [0.4, 0.5) is 5.69 Å². The second-order valence-corrected chi connectivity index (χ2v) is 4.84. The highest BCUT2D eigenvalue weighted by atomic mass is 16.5. The Balaban J connectivity index is 2.05. The van der Waals surface area contributed by atoms with E-state index in [-0.39, 0.29) is 11.9 Å². The lowest BCUT2D eigenvalue weighted by Crippen LogP contribution is -2.38. The molecule has 0 fully saturated rings. The van der Waals surface area contributed by atoms with Gasteiger partial charge in [-0.3, -0.25) is 4.79 Å². The van der Waals surface area contributed by atoms with Crippen LogP contribution in [-0.2, 0) is 14.3 Å². The summed E-state index contributed by atoms with van der Waals surface area (Å²) in [6.07, 6.45) is 1.96. The highest BCUT2D eigenvalue weighted by Crippen LogP contribution is 2.05. The first-order valence-corrected chi connectivity index (χ1v) is 7.40. The molecule has 1 atom stereocenters. The molecule has 0 radical (unpaired) electrons. The van der Waals surface area contributed by atoms with E-state index < -0.39 is 0 Å². The number of methoxy groups -OCH3 is 1. The summed E-state index contributed by atoms with van der Waals surface area (Å²) >= 11 is 0. The first-order chi connectivity index (χ1) is 10.2. The number of carbonyl (C=O) groups excluding carboxylic acids is 1. The molecule has 5 heteroatoms. The molecule has 1 aromatic rings. The number of hydrogen-bond acceptors (Lipinski definition) is 4. The van der Waals surface area contributed by atoms with Crippen LogP contribution in [0.3, 0.4) is 0 Å². The molecule has 1 unspecified atom stereocenters. The highest BCUT2D eigenvalue weighted by molar-refractivity contribution is 5.94. The van der Waals surface area contributed by atoms with E-state index in [0.29, 0.717) is 13.2 Å². The van der Waals surface area contributed by atoms with Crippen molar-refractivity contribution in [1.29, 1.82) is 0 Å². The zero-order chi connectivity index (χ0) is 15.3. The van der Waals surface area contributed by atoms with Crippen molar-refractivity contribution in [3.8, 4) is 0 Å². The maximum atomic E-state index is 11.9. The Bertz CT molecular complexity index is 384. The zero-order valence-corrected chi connectivity index (χ0v) is 12.9. The molecule has 0 aromatic heterocycles. The van der Waals surface area contributed by atoms with Crippen molar-refractivity contribution < 1.29 is 14.3 Å². The molecule has 2 N–H and O–H groups in total. The van der Waals surface area contributed by atoms with Gasteiger partial charge in [0, 0.05) is 19.4 Å². The second-order valence-electron chi connectivity index (χ2n) is 4.84. The lowest BCUT2D eigenvalue weighted by molar-refractivity contribution is -0.117. The van der Waals surface area contributed by atoms with Crippen LogP contribution >= 0.6 is 0 Å². The topological polar surface area (TPSA) is 59.6 Å². The van der Waals surface area contributed by atoms with Gasteiger partial charge in [-0.1, -0.05) is 18.2 Å². The monoisotopic (exact) mass is 294 g/mol. The Morgan fingerprint density at radius 2 is 1.90 bits per heavy atom. The fraction of sp³-hybridized carbons (Fsp3) is 0.562. The van der Waals surface area contributed by atoms with Crippen molar-refractivity contribution in [2.45, 2.75) is 25.8 Å². The lowest BCUT2D eigenvalue weighted by atomic mass is 10.2. The quantitative estimate of drug-likeness (QED) is 0.613. The maximum absolute atomic E-state index is 11.9. The van der Waals surface area contributed by atoms with Gasteiger partial charge in [0.15, 0.2) is 0 Å². The summed E-state index contributed by atoms with van der Waals surface area (Å²) < 4.78 is 10.3. The molecule has 0 saturated heterocycles. The van der Waals surface area contributed by atoms with Crippen molar-refractivity contribution >= 4 is 11.6 Å². The summed E-state index contributed by atoms with van der Waals surface area (Å²) in [6.45, 7) is 4.68. The minimum absolute atomic E-state index is 0.0162. The second kappa shape index (κ2) is 11.3. The summed E-state index contributed by atoms with van der Waals surface area (Å²) in [5, 5.41) is 6.09. The van der Waals surface area contributed by atoms with E-state index in [9.17, 15) is 4.79 Å². The Morgan fingerprint density at radius 3 is 2.62 bits per heavy atom. The van der Waals surface area contributed by atoms with Gasteiger partial charge in [-0.2, -0.15) is 0 Å². The van der Waals surface area contributed by atoms with Crippen LogP contribution < -0.4 is 10.6 Å². The molecule has 0 aliphatic heterocycles. The number of hydrogen-bond donors (Lipinski definition) is 2. The highest BCUT2D eigenvalue weighted by Gasteiger charge is 2.11. The first kappa shape index (κ1) is 17.6. The van der Waals surface area contributed by atoms with Crippen LogP contribution in [0.2, 0.25) is 0 Å². The number of carbonyl (C=O) groups is 1. The third kappa shape index (κ3) is 8.45. The van der Waals surface area contributed by atoms with Gasteiger partial charge in [-0.05, 0) is 38.4 Å². The molecule has 0 spiro atoms. The van der Waals surface area contributed by atoms with Crippen molar-refractivity contribution in [2.75, 3.05) is 38.8 Å². The minimum Gasteiger partial charge on any atom is -0.382 e. The van der Waals surface area contributed by atoms with E-state index in [0.717, 1.165) is 31.7 Å². The summed E-state index contributed by atoms with van der Waals surface area (Å²) in [5.74, 6) is -0.0162. The van der Waals surface area contributed by atoms with Gasteiger partial charge in [-0.15, -0.1) is 0 Å². The van der Waals surface area contributed by atoms with E-state index >= 15 is 0 Å². The van der Waals surface area contributed by atoms with Crippen molar-refractivity contribution in [2.24, 2.45) is 0 Å². The molecular weight excluding hydrogens is 268 g/mol. The van der Waals surface area contributed by atoms with Gasteiger partial charge >= 0.3 is 0 Å². The molecule has 5 nitrogen and oxygen atoms in total. The molecule has 0 saturated carbocycles. The Morgan fingerprint density at radius 1 is 1.14 bits per heavy atom. The molecule has 1 aromatic carbocycles. The van der Waals surface area contributed by atoms with Gasteiger partial charge < -0.3 is 20.1 Å². The molecule has 0 aliphatic carbocycles. The Hall–Kier alpha value is -1.43. The normalized spacial score (nSPS) is 12.1. The average molecular weight is 294 g/mol. The molecule has 0 aliphatic rings. The van der Waals surface area contributed by atoms with Crippen LogP contribution in [0.15, 0.2) is 30.3 Å². The number of ether oxygens (including phenoxy) is 2. The predicted molar refractivity (Wildman–Crippen MR) is 84.5 cm³/mol. The molecular formula is C16H26N2O3. The van der Waals surface area contributed by atoms with Crippen LogP contribution in [0.1, 0.15) is 19.8 Å². The van der Waals surface area contributed by atoms with E-state index in [1.807, 2.05) is 37.3 Å². The molecule has 1 amide bonds. The number of amides is 1. The number of rotatable bonds is 11. The number of nitrogens with one attached hydrogen (secondary N) is 2. The lowest BCUT2D eigenvalue weighted by Gasteiger charge is -2.14. The largest absolute Gasteiger partial charge is 0.382 e. The molecule has 0 heterocycles. The van der Waals surface area contributed by atoms with Crippen LogP contribution in [0.25, 0.3) is 0 Å². The third-order valence-electron chi connectivity index (χ3n) is 3.03. The van der Waals surface area contributed by atoms with E-state index in [2.05, 4.69) is 10.6 Å². The van der Waals surface area contributed by atoms with Crippen molar-refractivity contribution in [1.82, 2.24) is 5.32 Å². The molecule has 1 rings (SSSR count). The molecule has 0 bridgehead atoms. The minimum atomic E-state index is -0.209. The van der Waals surface area contributed by atoms with Gasteiger partial charge in [-0.25, -0.2) is 0 Å². The third-order valence-corrected chi connectivity index (χ3v) is 3.03. The summed E-state index contributed by atoms with van der Waals surface area (Å²) in [7, 11) is 1.66. The molecule has 21 heavy (non-hydrogen) atoms. The number of unbranched alkanes of at least 4 members (excludes halogenated alkanes) is 1. The number of benzene rings is 1. The average Bonchev–Trinajstić information content (AvgIpc) is 2.50. The SMILES string of the molecule is COCCOCCCCNC(C)C(=O)Nc1ccccc1. The van der Waals surface area contributed by atoms with E-state index in [1.54, 1.807) is 7.11 Å². The van der Waals surface area contributed by atoms with E-state index in [4.69, 9.17) is 9.47 Å². The first-order valence-electron chi connectivity index (χ1n) is 7.40. The van der Waals surface area contributed by atoms with Crippen LogP contribution in [0.5, 0.6) is 0 Å². The van der Waals surface area contributed by atoms with Gasteiger partial charge in [0.1, 0.15) is 0 Å². The maximum Gasteiger partial charge on any atom is 0.241 e. The van der Waals surface area contributed by atoms with E-state index in [1.165, 1.54) is 0 Å². The van der Waals surface area contributed by atoms with Gasteiger partial charge in [0.2, 0.25) is 5.91 Å². The van der Waals surface area contributed by atoms with Gasteiger partial charge in [0.25, 0.3) is 0 Å². The van der Waals surface area contributed by atoms with Crippen LogP contribution in [-0.4, -0.2) is 45.4 Å². The predicted octanol–water partition coefficient (Wildman–Crippen LogP) is 2.05. The number of para-hydroxylation sites is 1. The Labute approximate surface area is 127 Å². The van der Waals surface area contributed by atoms with Crippen LogP contribution in [0, 0.1) is 0 Å². The summed E-state index contributed by atoms with van der Waals surface area (Å²) in [4.78, 5) is 11.9. The Kier molecular flexibility index (Phi) is 9.44. The molecule has 118 valence electrons. The fourth-order valence-electron chi connectivity index (χ4n) is 1.76. The summed E-state index contributed by atoms with van der Waals surface area (Å²) in [5.41, 5.74) is 0.822. The van der Waals surface area contributed by atoms with Crippen molar-refractivity contribution in [3.63, 3.8) is 0 Å². The smallest absolute Gasteiger partial charge is 0.241 e.